The van der Waals surface area contributed by atoms with Crippen LogP contribution in [0.25, 0.3) is 17.3 Å². The lowest BCUT2D eigenvalue weighted by atomic mass is 9.96. The first kappa shape index (κ1) is 28.4. The summed E-state index contributed by atoms with van der Waals surface area (Å²) >= 11 is 1.30. The fourth-order valence-corrected chi connectivity index (χ4v) is 5.32. The van der Waals surface area contributed by atoms with E-state index in [4.69, 9.17) is 0 Å². The summed E-state index contributed by atoms with van der Waals surface area (Å²) in [5.74, 6) is -0.634. The van der Waals surface area contributed by atoms with Gasteiger partial charge in [-0.15, -0.1) is 11.3 Å². The number of nitrogens with one attached hydrogen (secondary N) is 2. The molecule has 0 bridgehead atoms. The van der Waals surface area contributed by atoms with Gasteiger partial charge in [0.1, 0.15) is 5.69 Å². The van der Waals surface area contributed by atoms with Gasteiger partial charge in [-0.3, -0.25) is 19.1 Å². The number of hydrogen-bond acceptors (Lipinski definition) is 6. The van der Waals surface area contributed by atoms with Gasteiger partial charge in [0, 0.05) is 29.1 Å². The molecular formula is C30H37N5O3S. The molecule has 1 aliphatic carbocycles. The number of nitrogens with zero attached hydrogens (tertiary/aromatic N) is 3. The third kappa shape index (κ3) is 7.09. The van der Waals surface area contributed by atoms with Crippen molar-refractivity contribution in [3.05, 3.63) is 58.7 Å². The van der Waals surface area contributed by atoms with Crippen LogP contribution in [0.3, 0.4) is 0 Å². The zero-order chi connectivity index (χ0) is 27.8. The number of unbranched alkanes of at least 4 members (excludes halogenated alkanes) is 2. The number of hydrogen-bond donors (Lipinski definition) is 2. The Morgan fingerprint density at radius 1 is 1.13 bits per heavy atom. The van der Waals surface area contributed by atoms with Gasteiger partial charge in [0.25, 0.3) is 5.91 Å². The Hall–Kier alpha value is -3.59. The number of aromatic nitrogens is 3. The highest BCUT2D eigenvalue weighted by Gasteiger charge is 2.44. The van der Waals surface area contributed by atoms with Crippen molar-refractivity contribution in [3.8, 4) is 11.3 Å². The van der Waals surface area contributed by atoms with Crippen LogP contribution >= 0.6 is 11.3 Å². The molecule has 1 fully saturated rings. The lowest BCUT2D eigenvalue weighted by molar-refractivity contribution is -0.115. The van der Waals surface area contributed by atoms with E-state index in [-0.39, 0.29) is 29.7 Å². The van der Waals surface area contributed by atoms with Crippen molar-refractivity contribution in [3.63, 3.8) is 0 Å². The molecule has 0 saturated heterocycles. The number of ketones is 1. The van der Waals surface area contributed by atoms with Gasteiger partial charge in [0.05, 0.1) is 17.8 Å². The number of amides is 2. The lowest BCUT2D eigenvalue weighted by Gasteiger charge is -2.15. The van der Waals surface area contributed by atoms with Crippen LogP contribution in [0.15, 0.2) is 41.9 Å². The minimum atomic E-state index is -0.378. The Balaban J connectivity index is 1.34. The zero-order valence-corrected chi connectivity index (χ0v) is 23.8. The van der Waals surface area contributed by atoms with Gasteiger partial charge in [-0.25, -0.2) is 4.98 Å². The van der Waals surface area contributed by atoms with Crippen LogP contribution in [-0.4, -0.2) is 38.9 Å². The van der Waals surface area contributed by atoms with Gasteiger partial charge in [0.15, 0.2) is 10.9 Å². The highest BCUT2D eigenvalue weighted by molar-refractivity contribution is 7.14. The zero-order valence-electron chi connectivity index (χ0n) is 23.0. The summed E-state index contributed by atoms with van der Waals surface area (Å²) in [6.07, 6.45) is 13.6. The molecule has 9 heteroatoms. The van der Waals surface area contributed by atoms with E-state index >= 15 is 0 Å². The van der Waals surface area contributed by atoms with Gasteiger partial charge < -0.3 is 10.6 Å². The SMILES string of the molecule is C/C=C\c1ccc(-c2csc(NC(=O)CNC(=O)c3ccn(C4(CCCC)CC4)n3)n2)cc1C(=O)CCCC. The minimum absolute atomic E-state index is 0.0606. The van der Waals surface area contributed by atoms with E-state index in [1.54, 1.807) is 6.07 Å². The first-order valence-corrected chi connectivity index (χ1v) is 14.7. The van der Waals surface area contributed by atoms with E-state index in [0.29, 0.717) is 28.5 Å². The van der Waals surface area contributed by atoms with Crippen molar-refractivity contribution in [1.82, 2.24) is 20.1 Å². The van der Waals surface area contributed by atoms with Gasteiger partial charge in [-0.1, -0.05) is 57.4 Å². The standard InChI is InChI=1S/C30H37N5O3S/c1-4-7-10-26(36)23-18-22(12-11-21(23)9-6-3)25-20-39-29(32-25)33-27(37)19-31-28(38)24-13-17-35(34-24)30(15-16-30)14-8-5-2/h6,9,11-13,17-18,20H,4-5,7-8,10,14-16,19H2,1-3H3,(H,31,38)(H,32,33,37)/b9-6-. The molecular weight excluding hydrogens is 510 g/mol. The van der Waals surface area contributed by atoms with Crippen molar-refractivity contribution in [2.24, 2.45) is 0 Å². The van der Waals surface area contributed by atoms with Gasteiger partial charge >= 0.3 is 0 Å². The second kappa shape index (κ2) is 13.0. The van der Waals surface area contributed by atoms with Crippen molar-refractivity contribution in [2.45, 2.75) is 77.7 Å². The molecule has 0 spiro atoms. The van der Waals surface area contributed by atoms with E-state index < -0.39 is 0 Å². The predicted octanol–water partition coefficient (Wildman–Crippen LogP) is 6.46. The molecule has 2 amide bonds. The Labute approximate surface area is 233 Å². The minimum Gasteiger partial charge on any atom is -0.342 e. The number of carbonyl (C=O) groups is 3. The third-order valence-corrected chi connectivity index (χ3v) is 7.80. The number of benzene rings is 1. The molecule has 4 rings (SSSR count). The predicted molar refractivity (Wildman–Crippen MR) is 156 cm³/mol. The summed E-state index contributed by atoms with van der Waals surface area (Å²) < 4.78 is 1.92. The first-order chi connectivity index (χ1) is 18.9. The van der Waals surface area contributed by atoms with Gasteiger partial charge in [-0.2, -0.15) is 5.10 Å². The van der Waals surface area contributed by atoms with E-state index in [0.717, 1.165) is 56.1 Å². The first-order valence-electron chi connectivity index (χ1n) is 13.8. The molecule has 2 heterocycles. The van der Waals surface area contributed by atoms with E-state index in [1.807, 2.05) is 53.5 Å². The van der Waals surface area contributed by atoms with E-state index in [1.165, 1.54) is 11.3 Å². The average Bonchev–Trinajstić information content (AvgIpc) is 3.32. The highest BCUT2D eigenvalue weighted by Crippen LogP contribution is 2.47. The van der Waals surface area contributed by atoms with Gasteiger partial charge in [0.2, 0.25) is 5.91 Å². The monoisotopic (exact) mass is 547 g/mol. The Bertz CT molecular complexity index is 1350. The quantitative estimate of drug-likeness (QED) is 0.225. The van der Waals surface area contributed by atoms with Crippen LogP contribution in [0, 0.1) is 0 Å². The molecule has 1 aromatic carbocycles. The molecule has 0 aliphatic heterocycles. The average molecular weight is 548 g/mol. The largest absolute Gasteiger partial charge is 0.342 e. The summed E-state index contributed by atoms with van der Waals surface area (Å²) in [5, 5.41) is 12.2. The number of rotatable bonds is 14. The van der Waals surface area contributed by atoms with Crippen molar-refractivity contribution >= 4 is 40.1 Å². The highest BCUT2D eigenvalue weighted by atomic mass is 32.1. The number of anilines is 1. The Kier molecular flexibility index (Phi) is 9.45. The molecule has 0 radical (unpaired) electrons. The summed E-state index contributed by atoms with van der Waals surface area (Å²) in [4.78, 5) is 42.4. The van der Waals surface area contributed by atoms with Crippen LogP contribution in [0.2, 0.25) is 0 Å². The fourth-order valence-electron chi connectivity index (χ4n) is 4.59. The maximum Gasteiger partial charge on any atom is 0.272 e. The normalized spacial score (nSPS) is 13.9. The van der Waals surface area contributed by atoms with Crippen LogP contribution in [0.5, 0.6) is 0 Å². The van der Waals surface area contributed by atoms with Gasteiger partial charge in [-0.05, 0) is 50.3 Å². The Morgan fingerprint density at radius 2 is 1.92 bits per heavy atom. The Morgan fingerprint density at radius 3 is 2.64 bits per heavy atom. The lowest BCUT2D eigenvalue weighted by Crippen LogP contribution is -2.33. The maximum atomic E-state index is 12.8. The summed E-state index contributed by atoms with van der Waals surface area (Å²) in [6, 6.07) is 7.44. The van der Waals surface area contributed by atoms with Crippen molar-refractivity contribution < 1.29 is 14.4 Å². The third-order valence-electron chi connectivity index (χ3n) is 7.04. The molecule has 0 atom stereocenters. The summed E-state index contributed by atoms with van der Waals surface area (Å²) in [6.45, 7) is 5.98. The maximum absolute atomic E-state index is 12.8. The second-order valence-corrected chi connectivity index (χ2v) is 10.9. The molecule has 1 saturated carbocycles. The number of carbonyl (C=O) groups excluding carboxylic acids is 3. The topological polar surface area (TPSA) is 106 Å². The van der Waals surface area contributed by atoms with E-state index in [9.17, 15) is 14.4 Å². The number of thiazole rings is 1. The summed E-state index contributed by atoms with van der Waals surface area (Å²) in [7, 11) is 0. The number of Topliss-reactive ketones (excluding diaryl/α,β-unsaturated/α-hetero) is 1. The molecule has 3 aromatic rings. The molecule has 8 nitrogen and oxygen atoms in total. The molecule has 2 aromatic heterocycles. The fraction of sp³-hybridized carbons (Fsp3) is 0.433. The second-order valence-electron chi connectivity index (χ2n) is 10.1. The molecule has 1 aliphatic rings. The van der Waals surface area contributed by atoms with Crippen LogP contribution in [0.1, 0.15) is 98.5 Å². The van der Waals surface area contributed by atoms with E-state index in [2.05, 4.69) is 34.6 Å². The van der Waals surface area contributed by atoms with Crippen molar-refractivity contribution in [1.29, 1.82) is 0 Å². The van der Waals surface area contributed by atoms with Crippen LogP contribution in [0.4, 0.5) is 5.13 Å². The smallest absolute Gasteiger partial charge is 0.272 e. The molecule has 2 N–H and O–H groups in total. The van der Waals surface area contributed by atoms with Crippen molar-refractivity contribution in [2.75, 3.05) is 11.9 Å². The molecule has 206 valence electrons. The number of allylic oxidation sites excluding steroid dienone is 1. The molecule has 0 unspecified atom stereocenters. The van der Waals surface area contributed by atoms with Crippen LogP contribution in [-0.2, 0) is 10.3 Å². The summed E-state index contributed by atoms with van der Waals surface area (Å²) in [5.41, 5.74) is 3.44. The molecule has 39 heavy (non-hydrogen) atoms. The van der Waals surface area contributed by atoms with Crippen LogP contribution < -0.4 is 10.6 Å².